The molecule has 0 aliphatic carbocycles. The van der Waals surface area contributed by atoms with Crippen molar-refractivity contribution in [2.75, 3.05) is 19.8 Å². The fraction of sp³-hybridized carbons (Fsp3) is 0.462. The van der Waals surface area contributed by atoms with Crippen LogP contribution in [0.4, 0.5) is 0 Å². The highest BCUT2D eigenvalue weighted by atomic mass is 79.9. The predicted octanol–water partition coefficient (Wildman–Crippen LogP) is 2.78. The number of ether oxygens (including phenoxy) is 2. The van der Waals surface area contributed by atoms with E-state index < -0.39 is 0 Å². The Kier molecular flexibility index (Phi) is 5.48. The summed E-state index contributed by atoms with van der Waals surface area (Å²) in [6, 6.07) is 5.16. The first-order valence-corrected chi connectivity index (χ1v) is 7.28. The maximum atomic E-state index is 11.6. The molecule has 1 aromatic carbocycles. The van der Waals surface area contributed by atoms with Crippen LogP contribution >= 0.6 is 27.5 Å². The first-order chi connectivity index (χ1) is 9.15. The van der Waals surface area contributed by atoms with E-state index in [1.165, 1.54) is 0 Å². The van der Waals surface area contributed by atoms with E-state index in [9.17, 15) is 4.79 Å². The SMILES string of the molecule is O=C(COc1ccc(Cl)cc1Br)NCC1CCCO1. The lowest BCUT2D eigenvalue weighted by Gasteiger charge is -2.12. The number of nitrogens with one attached hydrogen (secondary N) is 1. The van der Waals surface area contributed by atoms with Gasteiger partial charge in [-0.3, -0.25) is 4.79 Å². The number of benzene rings is 1. The fourth-order valence-corrected chi connectivity index (χ4v) is 2.62. The number of rotatable bonds is 5. The van der Waals surface area contributed by atoms with Crippen molar-refractivity contribution < 1.29 is 14.3 Å². The van der Waals surface area contributed by atoms with E-state index in [0.29, 0.717) is 17.3 Å². The van der Waals surface area contributed by atoms with E-state index >= 15 is 0 Å². The molecular formula is C13H15BrClNO3. The molecule has 19 heavy (non-hydrogen) atoms. The largest absolute Gasteiger partial charge is 0.483 e. The molecule has 1 aliphatic heterocycles. The van der Waals surface area contributed by atoms with Crippen molar-refractivity contribution in [3.8, 4) is 5.75 Å². The van der Waals surface area contributed by atoms with Gasteiger partial charge >= 0.3 is 0 Å². The third-order valence-electron chi connectivity index (χ3n) is 2.80. The summed E-state index contributed by atoms with van der Waals surface area (Å²) in [5, 5.41) is 3.41. The smallest absolute Gasteiger partial charge is 0.258 e. The average molecular weight is 349 g/mol. The van der Waals surface area contributed by atoms with Crippen molar-refractivity contribution in [2.45, 2.75) is 18.9 Å². The van der Waals surface area contributed by atoms with Gasteiger partial charge in [-0.1, -0.05) is 11.6 Å². The molecule has 4 nitrogen and oxygen atoms in total. The third-order valence-corrected chi connectivity index (χ3v) is 3.66. The molecule has 0 aromatic heterocycles. The second kappa shape index (κ2) is 7.12. The Labute approximate surface area is 125 Å². The molecule has 1 aliphatic rings. The van der Waals surface area contributed by atoms with Crippen LogP contribution in [-0.4, -0.2) is 31.8 Å². The van der Waals surface area contributed by atoms with E-state index in [4.69, 9.17) is 21.1 Å². The minimum Gasteiger partial charge on any atom is -0.483 e. The average Bonchev–Trinajstić information content (AvgIpc) is 2.88. The number of carbonyl (C=O) groups excluding carboxylic acids is 1. The van der Waals surface area contributed by atoms with Crippen LogP contribution in [0.1, 0.15) is 12.8 Å². The Hall–Kier alpha value is -0.780. The highest BCUT2D eigenvalue weighted by molar-refractivity contribution is 9.10. The van der Waals surface area contributed by atoms with Gasteiger partial charge in [-0.25, -0.2) is 0 Å². The van der Waals surface area contributed by atoms with Crippen LogP contribution in [0.25, 0.3) is 0 Å². The summed E-state index contributed by atoms with van der Waals surface area (Å²) in [6.45, 7) is 1.31. The zero-order chi connectivity index (χ0) is 13.7. The van der Waals surface area contributed by atoms with Gasteiger partial charge in [0.2, 0.25) is 0 Å². The molecular weight excluding hydrogens is 334 g/mol. The zero-order valence-corrected chi connectivity index (χ0v) is 12.7. The maximum Gasteiger partial charge on any atom is 0.258 e. The van der Waals surface area contributed by atoms with E-state index in [1.807, 2.05) is 0 Å². The number of halogens is 2. The Balaban J connectivity index is 1.73. The maximum absolute atomic E-state index is 11.6. The molecule has 1 N–H and O–H groups in total. The molecule has 1 aromatic rings. The molecule has 1 heterocycles. The minimum atomic E-state index is -0.155. The minimum absolute atomic E-state index is 0.0209. The molecule has 0 bridgehead atoms. The first-order valence-electron chi connectivity index (χ1n) is 6.11. The predicted molar refractivity (Wildman–Crippen MR) is 76.6 cm³/mol. The lowest BCUT2D eigenvalue weighted by Crippen LogP contribution is -2.35. The molecule has 104 valence electrons. The standard InChI is InChI=1S/C13H15BrClNO3/c14-11-6-9(15)3-4-12(11)19-8-13(17)16-7-10-2-1-5-18-10/h3-4,6,10H,1-2,5,7-8H2,(H,16,17). The number of carbonyl (C=O) groups is 1. The summed E-state index contributed by atoms with van der Waals surface area (Å²) < 4.78 is 11.6. The van der Waals surface area contributed by atoms with E-state index in [-0.39, 0.29) is 18.6 Å². The van der Waals surface area contributed by atoms with Gasteiger partial charge in [0.25, 0.3) is 5.91 Å². The molecule has 1 fully saturated rings. The second-order valence-corrected chi connectivity index (χ2v) is 5.59. The van der Waals surface area contributed by atoms with E-state index in [0.717, 1.165) is 23.9 Å². The zero-order valence-electron chi connectivity index (χ0n) is 10.3. The van der Waals surface area contributed by atoms with Crippen molar-refractivity contribution >= 4 is 33.4 Å². The van der Waals surface area contributed by atoms with E-state index in [1.54, 1.807) is 18.2 Å². The second-order valence-electron chi connectivity index (χ2n) is 4.30. The summed E-state index contributed by atoms with van der Waals surface area (Å²) >= 11 is 9.15. The molecule has 1 unspecified atom stereocenters. The van der Waals surface area contributed by atoms with Crippen molar-refractivity contribution in [1.82, 2.24) is 5.32 Å². The molecule has 2 rings (SSSR count). The van der Waals surface area contributed by atoms with Gasteiger partial charge in [0.05, 0.1) is 10.6 Å². The Morgan fingerprint density at radius 3 is 3.11 bits per heavy atom. The van der Waals surface area contributed by atoms with Crippen LogP contribution in [0.15, 0.2) is 22.7 Å². The van der Waals surface area contributed by atoms with Gasteiger partial charge in [0, 0.05) is 18.2 Å². The highest BCUT2D eigenvalue weighted by Gasteiger charge is 2.16. The molecule has 6 heteroatoms. The lowest BCUT2D eigenvalue weighted by atomic mass is 10.2. The number of hydrogen-bond donors (Lipinski definition) is 1. The normalized spacial score (nSPS) is 18.3. The monoisotopic (exact) mass is 347 g/mol. The van der Waals surface area contributed by atoms with Gasteiger partial charge in [0.1, 0.15) is 5.75 Å². The van der Waals surface area contributed by atoms with Gasteiger partial charge in [-0.05, 0) is 47.0 Å². The number of hydrogen-bond acceptors (Lipinski definition) is 3. The molecule has 1 amide bonds. The Morgan fingerprint density at radius 1 is 1.58 bits per heavy atom. The van der Waals surface area contributed by atoms with Crippen molar-refractivity contribution in [3.63, 3.8) is 0 Å². The van der Waals surface area contributed by atoms with Gasteiger partial charge in [-0.2, -0.15) is 0 Å². The van der Waals surface area contributed by atoms with Crippen LogP contribution in [-0.2, 0) is 9.53 Å². The molecule has 0 saturated carbocycles. The fourth-order valence-electron chi connectivity index (χ4n) is 1.82. The molecule has 0 spiro atoms. The third kappa shape index (κ3) is 4.67. The quantitative estimate of drug-likeness (QED) is 0.890. The topological polar surface area (TPSA) is 47.6 Å². The Bertz CT molecular complexity index is 450. The van der Waals surface area contributed by atoms with Gasteiger partial charge < -0.3 is 14.8 Å². The van der Waals surface area contributed by atoms with Gasteiger partial charge in [-0.15, -0.1) is 0 Å². The van der Waals surface area contributed by atoms with Crippen molar-refractivity contribution in [3.05, 3.63) is 27.7 Å². The van der Waals surface area contributed by atoms with Crippen LogP contribution in [0.2, 0.25) is 5.02 Å². The lowest BCUT2D eigenvalue weighted by molar-refractivity contribution is -0.123. The summed E-state index contributed by atoms with van der Waals surface area (Å²) in [5.74, 6) is 0.439. The van der Waals surface area contributed by atoms with Crippen molar-refractivity contribution in [2.24, 2.45) is 0 Å². The first kappa shape index (κ1) is 14.6. The van der Waals surface area contributed by atoms with Crippen molar-refractivity contribution in [1.29, 1.82) is 0 Å². The molecule has 0 radical (unpaired) electrons. The van der Waals surface area contributed by atoms with Crippen LogP contribution in [0, 0.1) is 0 Å². The summed E-state index contributed by atoms with van der Waals surface area (Å²) in [5.41, 5.74) is 0. The number of amides is 1. The summed E-state index contributed by atoms with van der Waals surface area (Å²) in [4.78, 5) is 11.6. The molecule has 1 saturated heterocycles. The van der Waals surface area contributed by atoms with Crippen LogP contribution in [0.5, 0.6) is 5.75 Å². The molecule has 1 atom stereocenters. The summed E-state index contributed by atoms with van der Waals surface area (Å²) in [7, 11) is 0. The van der Waals surface area contributed by atoms with E-state index in [2.05, 4.69) is 21.2 Å². The van der Waals surface area contributed by atoms with Gasteiger partial charge in [0.15, 0.2) is 6.61 Å². The Morgan fingerprint density at radius 2 is 2.42 bits per heavy atom. The highest BCUT2D eigenvalue weighted by Crippen LogP contribution is 2.27. The summed E-state index contributed by atoms with van der Waals surface area (Å²) in [6.07, 6.45) is 2.21. The van der Waals surface area contributed by atoms with Crippen LogP contribution < -0.4 is 10.1 Å². The van der Waals surface area contributed by atoms with Crippen LogP contribution in [0.3, 0.4) is 0 Å².